The summed E-state index contributed by atoms with van der Waals surface area (Å²) in [5.41, 5.74) is 4.94. The van der Waals surface area contributed by atoms with Crippen LogP contribution in [0.3, 0.4) is 0 Å². The Morgan fingerprint density at radius 2 is 1.95 bits per heavy atom. The standard InChI is InChI=1S/C25H23F4N7O2S/c1-12-24(2,36-23(30)39-25(12,3)22(28)29)15-6-13(7-16(26)19(15)27)35-21-20-17(33-11-34-21)8-14(9-32-20)38-10-18-31-4-5-37-18/h4-9,11-12,22H,10H2,1-3H3,(H2,30,36)(H,33,34,35)/t12-,24-,25-/m0/s1. The molecule has 0 bridgehead atoms. The quantitative estimate of drug-likeness (QED) is 0.280. The van der Waals surface area contributed by atoms with Gasteiger partial charge in [-0.15, -0.1) is 0 Å². The fraction of sp³-hybridized carbons (Fsp3) is 0.320. The molecule has 9 nitrogen and oxygen atoms in total. The summed E-state index contributed by atoms with van der Waals surface area (Å²) in [7, 11) is 0. The van der Waals surface area contributed by atoms with E-state index in [-0.39, 0.29) is 28.8 Å². The van der Waals surface area contributed by atoms with Gasteiger partial charge in [0.1, 0.15) is 23.9 Å². The number of benzene rings is 1. The highest BCUT2D eigenvalue weighted by molar-refractivity contribution is 8.15. The van der Waals surface area contributed by atoms with Crippen molar-refractivity contribution in [1.82, 2.24) is 19.9 Å². The predicted octanol–water partition coefficient (Wildman–Crippen LogP) is 5.55. The lowest BCUT2D eigenvalue weighted by Gasteiger charge is -2.46. The minimum atomic E-state index is -2.79. The van der Waals surface area contributed by atoms with Crippen molar-refractivity contribution in [3.8, 4) is 5.75 Å². The van der Waals surface area contributed by atoms with Crippen molar-refractivity contribution in [2.45, 2.75) is 44.1 Å². The molecule has 0 saturated carbocycles. The van der Waals surface area contributed by atoms with Gasteiger partial charge < -0.3 is 20.2 Å². The summed E-state index contributed by atoms with van der Waals surface area (Å²) in [5, 5.41) is 2.80. The van der Waals surface area contributed by atoms with Crippen molar-refractivity contribution < 1.29 is 26.7 Å². The fourth-order valence-electron chi connectivity index (χ4n) is 4.48. The maximum atomic E-state index is 15.2. The van der Waals surface area contributed by atoms with Crippen LogP contribution in [0.25, 0.3) is 11.0 Å². The van der Waals surface area contributed by atoms with E-state index in [0.29, 0.717) is 22.7 Å². The molecule has 1 aliphatic rings. The maximum absolute atomic E-state index is 15.2. The SMILES string of the molecule is C[C@H]1[C@@](C)(c2cc(Nc3ncnc4cc(OCc5ncco5)cnc34)cc(F)c2F)N=C(N)S[C@]1(C)C(F)F. The number of nitrogens with two attached hydrogens (primary N) is 1. The van der Waals surface area contributed by atoms with E-state index >= 15 is 4.39 Å². The van der Waals surface area contributed by atoms with Crippen LogP contribution in [-0.2, 0) is 12.1 Å². The molecule has 0 spiro atoms. The molecule has 4 heterocycles. The third-order valence-corrected chi connectivity index (χ3v) is 8.21. The van der Waals surface area contributed by atoms with Gasteiger partial charge in [-0.1, -0.05) is 18.7 Å². The number of ether oxygens (including phenoxy) is 1. The molecule has 204 valence electrons. The highest BCUT2D eigenvalue weighted by Crippen LogP contribution is 2.53. The van der Waals surface area contributed by atoms with Crippen LogP contribution in [-0.4, -0.2) is 36.3 Å². The topological polar surface area (TPSA) is 124 Å². The number of nitrogens with zero attached hydrogens (tertiary/aromatic N) is 5. The molecule has 3 atom stereocenters. The Bertz CT molecular complexity index is 1560. The Hall–Kier alpha value is -3.94. The Morgan fingerprint density at radius 3 is 2.67 bits per heavy atom. The lowest BCUT2D eigenvalue weighted by Crippen LogP contribution is -2.52. The number of oxazole rings is 1. The number of halogens is 4. The molecular formula is C25H23F4N7O2S. The molecule has 0 unspecified atom stereocenters. The van der Waals surface area contributed by atoms with Crippen LogP contribution in [0.4, 0.5) is 29.1 Å². The molecule has 1 aromatic carbocycles. The van der Waals surface area contributed by atoms with Crippen LogP contribution in [0, 0.1) is 17.6 Å². The number of hydrogen-bond acceptors (Lipinski definition) is 10. The Labute approximate surface area is 224 Å². The highest BCUT2D eigenvalue weighted by atomic mass is 32.2. The number of alkyl halides is 2. The van der Waals surface area contributed by atoms with E-state index in [1.807, 2.05) is 0 Å². The van der Waals surface area contributed by atoms with Gasteiger partial charge in [0, 0.05) is 29.3 Å². The average Bonchev–Trinajstić information content (AvgIpc) is 3.41. The molecule has 0 radical (unpaired) electrons. The van der Waals surface area contributed by atoms with E-state index in [4.69, 9.17) is 14.9 Å². The van der Waals surface area contributed by atoms with Crippen LogP contribution in [0.5, 0.6) is 5.75 Å². The van der Waals surface area contributed by atoms with E-state index < -0.39 is 34.3 Å². The number of aromatic nitrogens is 4. The second-order valence-electron chi connectivity index (χ2n) is 9.33. The second kappa shape index (κ2) is 9.98. The van der Waals surface area contributed by atoms with Gasteiger partial charge in [0.15, 0.2) is 29.2 Å². The zero-order chi connectivity index (χ0) is 27.9. The summed E-state index contributed by atoms with van der Waals surface area (Å²) in [5.74, 6) is -2.32. The van der Waals surface area contributed by atoms with Gasteiger partial charge in [0.25, 0.3) is 6.43 Å². The first kappa shape index (κ1) is 26.7. The average molecular weight is 562 g/mol. The number of thioether (sulfide) groups is 1. The van der Waals surface area contributed by atoms with E-state index in [2.05, 4.69) is 30.2 Å². The van der Waals surface area contributed by atoms with Crippen molar-refractivity contribution in [3.05, 3.63) is 66.3 Å². The summed E-state index contributed by atoms with van der Waals surface area (Å²) in [6.45, 7) is 4.41. The van der Waals surface area contributed by atoms with Gasteiger partial charge in [-0.3, -0.25) is 4.99 Å². The van der Waals surface area contributed by atoms with Gasteiger partial charge in [-0.2, -0.15) is 0 Å². The number of amidine groups is 1. The molecular weight excluding hydrogens is 538 g/mol. The normalized spacial score (nSPS) is 23.2. The summed E-state index contributed by atoms with van der Waals surface area (Å²) >= 11 is 0.726. The minimum Gasteiger partial charge on any atom is -0.482 e. The number of hydrogen-bond donors (Lipinski definition) is 2. The maximum Gasteiger partial charge on any atom is 0.253 e. The number of rotatable bonds is 7. The molecule has 1 aliphatic heterocycles. The Balaban J connectivity index is 1.49. The van der Waals surface area contributed by atoms with Gasteiger partial charge in [0.05, 0.1) is 28.2 Å². The summed E-state index contributed by atoms with van der Waals surface area (Å²) in [4.78, 5) is 21.0. The predicted molar refractivity (Wildman–Crippen MR) is 138 cm³/mol. The Morgan fingerprint density at radius 1 is 1.15 bits per heavy atom. The zero-order valence-corrected chi connectivity index (χ0v) is 21.8. The van der Waals surface area contributed by atoms with E-state index in [9.17, 15) is 13.2 Å². The first-order valence-corrected chi connectivity index (χ1v) is 12.5. The third kappa shape index (κ3) is 4.84. The Kier molecular flexibility index (Phi) is 6.83. The van der Waals surface area contributed by atoms with Gasteiger partial charge >= 0.3 is 0 Å². The number of aliphatic imine (C=N–C) groups is 1. The van der Waals surface area contributed by atoms with Crippen LogP contribution in [0.1, 0.15) is 32.2 Å². The lowest BCUT2D eigenvalue weighted by molar-refractivity contribution is 0.0571. The molecule has 0 aliphatic carbocycles. The van der Waals surface area contributed by atoms with E-state index in [1.54, 1.807) is 6.07 Å². The van der Waals surface area contributed by atoms with Crippen LogP contribution in [0.2, 0.25) is 0 Å². The van der Waals surface area contributed by atoms with E-state index in [0.717, 1.165) is 17.8 Å². The van der Waals surface area contributed by atoms with Crippen molar-refractivity contribution in [3.63, 3.8) is 0 Å². The van der Waals surface area contributed by atoms with E-state index in [1.165, 1.54) is 51.8 Å². The number of nitrogens with one attached hydrogen (secondary N) is 1. The number of anilines is 2. The van der Waals surface area contributed by atoms with Crippen LogP contribution < -0.4 is 15.8 Å². The molecule has 3 N–H and O–H groups in total. The summed E-state index contributed by atoms with van der Waals surface area (Å²) in [6, 6.07) is 3.88. The second-order valence-corrected chi connectivity index (χ2v) is 10.8. The van der Waals surface area contributed by atoms with Gasteiger partial charge in [0.2, 0.25) is 5.89 Å². The van der Waals surface area contributed by atoms with Crippen molar-refractivity contribution >= 4 is 39.5 Å². The highest BCUT2D eigenvalue weighted by Gasteiger charge is 2.54. The third-order valence-electron chi connectivity index (χ3n) is 6.94. The monoisotopic (exact) mass is 561 g/mol. The lowest BCUT2D eigenvalue weighted by atomic mass is 9.73. The summed E-state index contributed by atoms with van der Waals surface area (Å²) in [6.07, 6.45) is 2.86. The fourth-order valence-corrected chi connectivity index (χ4v) is 5.66. The van der Waals surface area contributed by atoms with Crippen molar-refractivity contribution in [1.29, 1.82) is 0 Å². The number of pyridine rings is 1. The summed E-state index contributed by atoms with van der Waals surface area (Å²) < 4.78 is 67.3. The molecule has 39 heavy (non-hydrogen) atoms. The van der Waals surface area contributed by atoms with Crippen molar-refractivity contribution in [2.75, 3.05) is 5.32 Å². The van der Waals surface area contributed by atoms with Crippen LogP contribution in [0.15, 0.2) is 52.6 Å². The first-order chi connectivity index (χ1) is 18.5. The zero-order valence-electron chi connectivity index (χ0n) is 21.0. The molecule has 4 aromatic rings. The van der Waals surface area contributed by atoms with Gasteiger partial charge in [-0.05, 0) is 19.9 Å². The minimum absolute atomic E-state index is 0.0846. The molecule has 0 fully saturated rings. The van der Waals surface area contributed by atoms with Crippen molar-refractivity contribution in [2.24, 2.45) is 16.6 Å². The first-order valence-electron chi connectivity index (χ1n) is 11.7. The van der Waals surface area contributed by atoms with Crippen LogP contribution >= 0.6 is 11.8 Å². The molecule has 14 heteroatoms. The largest absolute Gasteiger partial charge is 0.482 e. The number of fused-ring (bicyclic) bond motifs is 1. The molecule has 0 saturated heterocycles. The molecule has 5 rings (SSSR count). The van der Waals surface area contributed by atoms with Gasteiger partial charge in [-0.25, -0.2) is 37.5 Å². The smallest absolute Gasteiger partial charge is 0.253 e. The molecule has 3 aromatic heterocycles. The molecule has 0 amide bonds.